The number of aliphatic hydroxyl groups is 1. The highest BCUT2D eigenvalue weighted by Gasteiger charge is 2.27. The minimum absolute atomic E-state index is 0.320. The molecule has 1 saturated heterocycles. The zero-order valence-electron chi connectivity index (χ0n) is 11.8. The highest BCUT2D eigenvalue weighted by molar-refractivity contribution is 4.83. The van der Waals surface area contributed by atoms with Crippen LogP contribution in [0.3, 0.4) is 0 Å². The van der Waals surface area contributed by atoms with E-state index in [0.717, 1.165) is 26.1 Å². The van der Waals surface area contributed by atoms with Crippen molar-refractivity contribution in [2.75, 3.05) is 32.8 Å². The van der Waals surface area contributed by atoms with Crippen LogP contribution in [0, 0.1) is 5.41 Å². The van der Waals surface area contributed by atoms with Crippen molar-refractivity contribution in [1.29, 1.82) is 0 Å². The number of rotatable bonds is 7. The lowest BCUT2D eigenvalue weighted by molar-refractivity contribution is 0.0784. The van der Waals surface area contributed by atoms with Crippen LogP contribution in [0.2, 0.25) is 0 Å². The molecule has 0 aromatic rings. The number of aliphatic hydroxyl groups excluding tert-OH is 1. The lowest BCUT2D eigenvalue weighted by atomic mass is 9.89. The van der Waals surface area contributed by atoms with Gasteiger partial charge in [-0.3, -0.25) is 4.90 Å². The predicted octanol–water partition coefficient (Wildman–Crippen LogP) is 1.86. The molecule has 0 aromatic carbocycles. The molecule has 0 radical (unpaired) electrons. The first kappa shape index (κ1) is 14.9. The fourth-order valence-corrected chi connectivity index (χ4v) is 2.81. The molecule has 3 heteroatoms. The lowest BCUT2D eigenvalue weighted by Crippen LogP contribution is -2.47. The van der Waals surface area contributed by atoms with Crippen molar-refractivity contribution in [3.63, 3.8) is 0 Å². The van der Waals surface area contributed by atoms with E-state index < -0.39 is 0 Å². The van der Waals surface area contributed by atoms with Gasteiger partial charge in [-0.25, -0.2) is 0 Å². The molecule has 1 aliphatic heterocycles. The number of nitrogens with one attached hydrogen (secondary N) is 1. The molecule has 0 aliphatic carbocycles. The van der Waals surface area contributed by atoms with Gasteiger partial charge in [-0.2, -0.15) is 0 Å². The summed E-state index contributed by atoms with van der Waals surface area (Å²) in [7, 11) is 0. The zero-order chi connectivity index (χ0) is 12.7. The van der Waals surface area contributed by atoms with Crippen LogP contribution < -0.4 is 5.32 Å². The first-order chi connectivity index (χ1) is 8.09. The monoisotopic (exact) mass is 242 g/mol. The molecule has 3 nitrogen and oxygen atoms in total. The van der Waals surface area contributed by atoms with Gasteiger partial charge in [0, 0.05) is 25.7 Å². The van der Waals surface area contributed by atoms with E-state index >= 15 is 0 Å². The van der Waals surface area contributed by atoms with Crippen LogP contribution in [-0.2, 0) is 0 Å². The summed E-state index contributed by atoms with van der Waals surface area (Å²) in [5.74, 6) is 0. The molecule has 0 aromatic heterocycles. The Morgan fingerprint density at radius 1 is 1.35 bits per heavy atom. The van der Waals surface area contributed by atoms with Crippen LogP contribution in [0.1, 0.15) is 46.5 Å². The van der Waals surface area contributed by atoms with Gasteiger partial charge in [-0.15, -0.1) is 0 Å². The molecule has 0 spiro atoms. The van der Waals surface area contributed by atoms with Crippen LogP contribution in [-0.4, -0.2) is 48.8 Å². The van der Waals surface area contributed by atoms with Gasteiger partial charge in [-0.1, -0.05) is 27.2 Å². The summed E-state index contributed by atoms with van der Waals surface area (Å²) in [5, 5.41) is 12.6. The van der Waals surface area contributed by atoms with E-state index in [1.165, 1.54) is 25.8 Å². The van der Waals surface area contributed by atoms with Gasteiger partial charge in [0.15, 0.2) is 0 Å². The second kappa shape index (κ2) is 7.34. The second-order valence-corrected chi connectivity index (χ2v) is 6.08. The maximum Gasteiger partial charge on any atom is 0.0445 e. The SMILES string of the molecule is CCNCC(C)(C)CN1CCCCC1CCO. The van der Waals surface area contributed by atoms with Crippen molar-refractivity contribution < 1.29 is 5.11 Å². The van der Waals surface area contributed by atoms with E-state index in [4.69, 9.17) is 5.11 Å². The van der Waals surface area contributed by atoms with Crippen molar-refractivity contribution >= 4 is 0 Å². The highest BCUT2D eigenvalue weighted by atomic mass is 16.3. The maximum absolute atomic E-state index is 9.14. The molecular formula is C14H30N2O. The molecule has 0 saturated carbocycles. The summed E-state index contributed by atoms with van der Waals surface area (Å²) in [5.41, 5.74) is 0.320. The van der Waals surface area contributed by atoms with Gasteiger partial charge in [0.1, 0.15) is 0 Å². The Hall–Kier alpha value is -0.120. The predicted molar refractivity (Wildman–Crippen MR) is 73.2 cm³/mol. The third-order valence-electron chi connectivity index (χ3n) is 3.70. The van der Waals surface area contributed by atoms with Crippen molar-refractivity contribution in [1.82, 2.24) is 10.2 Å². The normalized spacial score (nSPS) is 22.9. The van der Waals surface area contributed by atoms with Crippen LogP contribution in [0.25, 0.3) is 0 Å². The third kappa shape index (κ3) is 5.36. The molecular weight excluding hydrogens is 212 g/mol. The summed E-state index contributed by atoms with van der Waals surface area (Å²) in [4.78, 5) is 2.59. The first-order valence-corrected chi connectivity index (χ1v) is 7.14. The molecule has 2 N–H and O–H groups in total. The van der Waals surface area contributed by atoms with Crippen molar-refractivity contribution in [3.8, 4) is 0 Å². The lowest BCUT2D eigenvalue weighted by Gasteiger charge is -2.40. The quantitative estimate of drug-likeness (QED) is 0.715. The van der Waals surface area contributed by atoms with Gasteiger partial charge in [0.05, 0.1) is 0 Å². The van der Waals surface area contributed by atoms with E-state index in [2.05, 4.69) is 31.0 Å². The van der Waals surface area contributed by atoms with E-state index in [1.807, 2.05) is 0 Å². The summed E-state index contributed by atoms with van der Waals surface area (Å²) < 4.78 is 0. The van der Waals surface area contributed by atoms with E-state index in [0.29, 0.717) is 18.1 Å². The minimum Gasteiger partial charge on any atom is -0.396 e. The fraction of sp³-hybridized carbons (Fsp3) is 1.00. The summed E-state index contributed by atoms with van der Waals surface area (Å²) in [6.07, 6.45) is 4.85. The summed E-state index contributed by atoms with van der Waals surface area (Å²) >= 11 is 0. The number of likely N-dealkylation sites (tertiary alicyclic amines) is 1. The third-order valence-corrected chi connectivity index (χ3v) is 3.70. The van der Waals surface area contributed by atoms with Gasteiger partial charge < -0.3 is 10.4 Å². The van der Waals surface area contributed by atoms with Crippen LogP contribution in [0.15, 0.2) is 0 Å². The average Bonchev–Trinajstić information content (AvgIpc) is 2.29. The number of nitrogens with zero attached hydrogens (tertiary/aromatic N) is 1. The van der Waals surface area contributed by atoms with Crippen LogP contribution >= 0.6 is 0 Å². The Bertz CT molecular complexity index is 204. The topological polar surface area (TPSA) is 35.5 Å². The Morgan fingerprint density at radius 3 is 2.76 bits per heavy atom. The molecule has 1 rings (SSSR count). The standard InChI is InChI=1S/C14H30N2O/c1-4-15-11-14(2,3)12-16-9-6-5-7-13(16)8-10-17/h13,15,17H,4-12H2,1-3H3. The van der Waals surface area contributed by atoms with Crippen molar-refractivity contribution in [3.05, 3.63) is 0 Å². The Balaban J connectivity index is 2.45. The van der Waals surface area contributed by atoms with E-state index in [-0.39, 0.29) is 0 Å². The second-order valence-electron chi connectivity index (χ2n) is 6.08. The number of hydrogen-bond acceptors (Lipinski definition) is 3. The van der Waals surface area contributed by atoms with Gasteiger partial charge >= 0.3 is 0 Å². The molecule has 1 fully saturated rings. The van der Waals surface area contributed by atoms with Gasteiger partial charge in [0.25, 0.3) is 0 Å². The zero-order valence-corrected chi connectivity index (χ0v) is 11.8. The molecule has 1 unspecified atom stereocenters. The highest BCUT2D eigenvalue weighted by Crippen LogP contribution is 2.24. The van der Waals surface area contributed by atoms with Crippen molar-refractivity contribution in [2.45, 2.75) is 52.5 Å². The maximum atomic E-state index is 9.14. The minimum atomic E-state index is 0.320. The number of hydrogen-bond donors (Lipinski definition) is 2. The van der Waals surface area contributed by atoms with Gasteiger partial charge in [-0.05, 0) is 37.8 Å². The summed E-state index contributed by atoms with van der Waals surface area (Å²) in [6.45, 7) is 11.6. The first-order valence-electron chi connectivity index (χ1n) is 7.14. The fourth-order valence-electron chi connectivity index (χ4n) is 2.81. The molecule has 0 amide bonds. The molecule has 1 aliphatic rings. The smallest absolute Gasteiger partial charge is 0.0445 e. The van der Waals surface area contributed by atoms with E-state index in [1.54, 1.807) is 0 Å². The molecule has 0 bridgehead atoms. The molecule has 1 atom stereocenters. The van der Waals surface area contributed by atoms with Crippen LogP contribution in [0.4, 0.5) is 0 Å². The largest absolute Gasteiger partial charge is 0.396 e. The molecule has 17 heavy (non-hydrogen) atoms. The number of piperidine rings is 1. The Morgan fingerprint density at radius 2 is 2.12 bits per heavy atom. The Kier molecular flexibility index (Phi) is 6.45. The summed E-state index contributed by atoms with van der Waals surface area (Å²) in [6, 6.07) is 0.606. The molecule has 1 heterocycles. The van der Waals surface area contributed by atoms with E-state index in [9.17, 15) is 0 Å². The van der Waals surface area contributed by atoms with Gasteiger partial charge in [0.2, 0.25) is 0 Å². The Labute approximate surface area is 107 Å². The molecule has 102 valence electrons. The van der Waals surface area contributed by atoms with Crippen LogP contribution in [0.5, 0.6) is 0 Å². The average molecular weight is 242 g/mol. The van der Waals surface area contributed by atoms with Crippen molar-refractivity contribution in [2.24, 2.45) is 5.41 Å².